The molecule has 1 atom stereocenters. The third-order valence-corrected chi connectivity index (χ3v) is 6.60. The molecule has 1 amide bonds. The van der Waals surface area contributed by atoms with Gasteiger partial charge in [-0.15, -0.1) is 0 Å². The molecule has 0 saturated carbocycles. The second kappa shape index (κ2) is 7.76. The van der Waals surface area contributed by atoms with Crippen LogP contribution in [0.2, 0.25) is 0 Å². The van der Waals surface area contributed by atoms with E-state index in [9.17, 15) is 4.79 Å². The zero-order chi connectivity index (χ0) is 19.7. The Morgan fingerprint density at radius 1 is 0.964 bits per heavy atom. The molecule has 1 unspecified atom stereocenters. The first-order valence-electron chi connectivity index (χ1n) is 9.73. The Kier molecular flexibility index (Phi) is 5.34. The quantitative estimate of drug-likeness (QED) is 0.720. The molecular weight excluding hydrogens is 418 g/mol. The van der Waals surface area contributed by atoms with Crippen LogP contribution in [0.25, 0.3) is 0 Å². The molecule has 0 radical (unpaired) electrons. The summed E-state index contributed by atoms with van der Waals surface area (Å²) in [4.78, 5) is 19.9. The number of rotatable bonds is 4. The lowest BCUT2D eigenvalue weighted by Crippen LogP contribution is -2.59. The van der Waals surface area contributed by atoms with Crippen LogP contribution < -0.4 is 14.5 Å². The summed E-state index contributed by atoms with van der Waals surface area (Å²) < 4.78 is 6.54. The molecule has 0 aromatic heterocycles. The summed E-state index contributed by atoms with van der Waals surface area (Å²) in [5, 5.41) is 0. The van der Waals surface area contributed by atoms with Gasteiger partial charge in [0.1, 0.15) is 5.75 Å². The average molecular weight is 444 g/mol. The van der Waals surface area contributed by atoms with Crippen LogP contribution in [0.5, 0.6) is 5.75 Å². The van der Waals surface area contributed by atoms with Crippen LogP contribution >= 0.6 is 15.9 Å². The summed E-state index contributed by atoms with van der Waals surface area (Å²) >= 11 is 3.46. The summed E-state index contributed by atoms with van der Waals surface area (Å²) in [5.74, 6) is 1.11. The van der Waals surface area contributed by atoms with Crippen molar-refractivity contribution in [3.63, 3.8) is 0 Å². The number of hydrogen-bond donors (Lipinski definition) is 0. The van der Waals surface area contributed by atoms with Crippen LogP contribution in [0.3, 0.4) is 0 Å². The van der Waals surface area contributed by atoms with E-state index in [1.165, 1.54) is 0 Å². The van der Waals surface area contributed by atoms with E-state index in [1.54, 1.807) is 7.11 Å². The van der Waals surface area contributed by atoms with Crippen LogP contribution in [-0.2, 0) is 4.79 Å². The highest BCUT2D eigenvalue weighted by molar-refractivity contribution is 9.10. The molecule has 0 N–H and O–H groups in total. The number of para-hydroxylation sites is 2. The van der Waals surface area contributed by atoms with Crippen molar-refractivity contribution in [3.8, 4) is 5.75 Å². The standard InChI is InChI=1S/C22H26BrN3O2/c1-22(11-12-26(21(22)27)18-9-7-17(23)8-10-18)25-15-13-24(14-16-25)19-5-3-4-6-20(19)28-2/h3-10H,11-16H2,1-2H3. The van der Waals surface area contributed by atoms with E-state index in [1.807, 2.05) is 47.4 Å². The van der Waals surface area contributed by atoms with Gasteiger partial charge in [0.25, 0.3) is 0 Å². The fourth-order valence-electron chi connectivity index (χ4n) is 4.32. The molecule has 148 valence electrons. The van der Waals surface area contributed by atoms with Crippen molar-refractivity contribution < 1.29 is 9.53 Å². The Morgan fingerprint density at radius 2 is 1.64 bits per heavy atom. The number of halogens is 1. The molecule has 5 nitrogen and oxygen atoms in total. The number of methoxy groups -OCH3 is 1. The van der Waals surface area contributed by atoms with Gasteiger partial charge in [-0.05, 0) is 49.7 Å². The summed E-state index contributed by atoms with van der Waals surface area (Å²) in [6.07, 6.45) is 0.858. The Labute approximate surface area is 175 Å². The molecule has 2 saturated heterocycles. The van der Waals surface area contributed by atoms with E-state index in [2.05, 4.69) is 38.7 Å². The topological polar surface area (TPSA) is 36.0 Å². The maximum atomic E-state index is 13.3. The van der Waals surface area contributed by atoms with Crippen molar-refractivity contribution in [2.45, 2.75) is 18.9 Å². The Balaban J connectivity index is 1.45. The van der Waals surface area contributed by atoms with Gasteiger partial charge >= 0.3 is 0 Å². The minimum atomic E-state index is -0.431. The normalized spacial score (nSPS) is 23.3. The van der Waals surface area contributed by atoms with Crippen LogP contribution in [0.15, 0.2) is 53.0 Å². The van der Waals surface area contributed by atoms with Gasteiger partial charge in [-0.1, -0.05) is 28.1 Å². The zero-order valence-corrected chi connectivity index (χ0v) is 18.0. The molecular formula is C22H26BrN3O2. The number of piperazine rings is 1. The summed E-state index contributed by atoms with van der Waals surface area (Å²) in [6.45, 7) is 6.39. The Bertz CT molecular complexity index is 849. The number of carbonyl (C=O) groups is 1. The Hall–Kier alpha value is -2.05. The maximum absolute atomic E-state index is 13.3. The van der Waals surface area contributed by atoms with Crippen LogP contribution in [0.1, 0.15) is 13.3 Å². The molecule has 4 rings (SSSR count). The van der Waals surface area contributed by atoms with E-state index in [0.717, 1.165) is 60.7 Å². The van der Waals surface area contributed by atoms with Crippen LogP contribution in [0.4, 0.5) is 11.4 Å². The molecule has 0 spiro atoms. The average Bonchev–Trinajstić information content (AvgIpc) is 3.04. The molecule has 2 fully saturated rings. The van der Waals surface area contributed by atoms with E-state index in [4.69, 9.17) is 4.74 Å². The third-order valence-electron chi connectivity index (χ3n) is 6.07. The molecule has 2 aromatic rings. The van der Waals surface area contributed by atoms with Crippen molar-refractivity contribution in [3.05, 3.63) is 53.0 Å². The molecule has 28 heavy (non-hydrogen) atoms. The van der Waals surface area contributed by atoms with Crippen molar-refractivity contribution in [2.24, 2.45) is 0 Å². The molecule has 0 bridgehead atoms. The number of nitrogens with zero attached hydrogens (tertiary/aromatic N) is 3. The molecule has 2 aromatic carbocycles. The number of benzene rings is 2. The smallest absolute Gasteiger partial charge is 0.247 e. The lowest BCUT2D eigenvalue weighted by molar-refractivity contribution is -0.127. The monoisotopic (exact) mass is 443 g/mol. The number of carbonyl (C=O) groups excluding carboxylic acids is 1. The van der Waals surface area contributed by atoms with E-state index < -0.39 is 5.54 Å². The second-order valence-corrected chi connectivity index (χ2v) is 8.52. The van der Waals surface area contributed by atoms with Gasteiger partial charge in [-0.2, -0.15) is 0 Å². The van der Waals surface area contributed by atoms with E-state index in [-0.39, 0.29) is 5.91 Å². The van der Waals surface area contributed by atoms with Crippen molar-refractivity contribution in [1.82, 2.24) is 4.90 Å². The predicted octanol–water partition coefficient (Wildman–Crippen LogP) is 3.78. The SMILES string of the molecule is COc1ccccc1N1CCN(C2(C)CCN(c3ccc(Br)cc3)C2=O)CC1. The maximum Gasteiger partial charge on any atom is 0.247 e. The van der Waals surface area contributed by atoms with E-state index >= 15 is 0 Å². The number of hydrogen-bond acceptors (Lipinski definition) is 4. The molecule has 2 aliphatic rings. The molecule has 2 heterocycles. The van der Waals surface area contributed by atoms with Crippen molar-refractivity contribution >= 4 is 33.2 Å². The van der Waals surface area contributed by atoms with Gasteiger partial charge < -0.3 is 14.5 Å². The van der Waals surface area contributed by atoms with Gasteiger partial charge in [0.05, 0.1) is 18.3 Å². The highest BCUT2D eigenvalue weighted by atomic mass is 79.9. The zero-order valence-electron chi connectivity index (χ0n) is 16.4. The first kappa shape index (κ1) is 19.3. The van der Waals surface area contributed by atoms with Crippen molar-refractivity contribution in [1.29, 1.82) is 0 Å². The lowest BCUT2D eigenvalue weighted by Gasteiger charge is -2.43. The van der Waals surface area contributed by atoms with Gasteiger partial charge in [-0.25, -0.2) is 0 Å². The minimum absolute atomic E-state index is 0.209. The fourth-order valence-corrected chi connectivity index (χ4v) is 4.59. The van der Waals surface area contributed by atoms with Crippen molar-refractivity contribution in [2.75, 3.05) is 49.6 Å². The molecule has 6 heteroatoms. The number of ether oxygens (including phenoxy) is 1. The Morgan fingerprint density at radius 3 is 2.32 bits per heavy atom. The first-order valence-corrected chi connectivity index (χ1v) is 10.5. The highest BCUT2D eigenvalue weighted by Crippen LogP contribution is 2.35. The largest absolute Gasteiger partial charge is 0.495 e. The van der Waals surface area contributed by atoms with Gasteiger partial charge in [0, 0.05) is 42.9 Å². The lowest BCUT2D eigenvalue weighted by atomic mass is 9.96. The van der Waals surface area contributed by atoms with E-state index in [0.29, 0.717) is 0 Å². The van der Waals surface area contributed by atoms with Crippen LogP contribution in [0, 0.1) is 0 Å². The predicted molar refractivity (Wildman–Crippen MR) is 116 cm³/mol. The number of anilines is 2. The third kappa shape index (κ3) is 3.40. The first-order chi connectivity index (χ1) is 13.5. The summed E-state index contributed by atoms with van der Waals surface area (Å²) in [7, 11) is 1.71. The number of amides is 1. The fraction of sp³-hybridized carbons (Fsp3) is 0.409. The van der Waals surface area contributed by atoms with Gasteiger partial charge in [-0.3, -0.25) is 9.69 Å². The van der Waals surface area contributed by atoms with Crippen LogP contribution in [-0.4, -0.2) is 56.2 Å². The van der Waals surface area contributed by atoms with Gasteiger partial charge in [0.2, 0.25) is 5.91 Å². The highest BCUT2D eigenvalue weighted by Gasteiger charge is 2.48. The van der Waals surface area contributed by atoms with Gasteiger partial charge in [0.15, 0.2) is 0 Å². The summed E-state index contributed by atoms with van der Waals surface area (Å²) in [6, 6.07) is 16.1. The second-order valence-electron chi connectivity index (χ2n) is 7.60. The minimum Gasteiger partial charge on any atom is -0.495 e. The summed E-state index contributed by atoms with van der Waals surface area (Å²) in [5.41, 5.74) is 1.67. The molecule has 0 aliphatic carbocycles. The molecule has 2 aliphatic heterocycles.